The molecule has 0 bridgehead atoms. The molecule has 0 heterocycles. The maximum absolute atomic E-state index is 12.8. The summed E-state index contributed by atoms with van der Waals surface area (Å²) in [6, 6.07) is 0. The van der Waals surface area contributed by atoms with Crippen molar-refractivity contribution in [3.05, 3.63) is 0 Å². The highest BCUT2D eigenvalue weighted by molar-refractivity contribution is 5.07. The summed E-state index contributed by atoms with van der Waals surface area (Å²) in [5, 5.41) is 0. The molecular formula is C10H8F12. The molecule has 132 valence electrons. The summed E-state index contributed by atoms with van der Waals surface area (Å²) < 4.78 is 153. The highest BCUT2D eigenvalue weighted by Gasteiger charge is 2.81. The Kier molecular flexibility index (Phi) is 4.21. The van der Waals surface area contributed by atoms with E-state index in [-0.39, 0.29) is 0 Å². The van der Waals surface area contributed by atoms with Crippen LogP contribution in [-0.4, -0.2) is 24.7 Å². The lowest BCUT2D eigenvalue weighted by Crippen LogP contribution is -2.62. The van der Waals surface area contributed by atoms with E-state index >= 15 is 0 Å². The average molecular weight is 356 g/mol. The lowest BCUT2D eigenvalue weighted by molar-refractivity contribution is -0.409. The zero-order chi connectivity index (χ0) is 17.8. The summed E-state index contributed by atoms with van der Waals surface area (Å²) in [5.41, 5.74) is -10.1. The molecule has 1 aliphatic carbocycles. The summed E-state index contributed by atoms with van der Waals surface area (Å²) in [4.78, 5) is 0. The zero-order valence-corrected chi connectivity index (χ0v) is 10.4. The molecule has 22 heavy (non-hydrogen) atoms. The molecule has 0 aliphatic heterocycles. The van der Waals surface area contributed by atoms with Crippen molar-refractivity contribution in [2.24, 2.45) is 10.8 Å². The first-order chi connectivity index (χ1) is 9.41. The van der Waals surface area contributed by atoms with E-state index in [0.717, 1.165) is 0 Å². The van der Waals surface area contributed by atoms with Gasteiger partial charge in [-0.2, -0.15) is 52.7 Å². The van der Waals surface area contributed by atoms with E-state index in [1.807, 2.05) is 0 Å². The van der Waals surface area contributed by atoms with Gasteiger partial charge in [0.05, 0.1) is 0 Å². The van der Waals surface area contributed by atoms with Crippen molar-refractivity contribution in [2.75, 3.05) is 0 Å². The first-order valence-corrected chi connectivity index (χ1v) is 5.68. The molecule has 1 rings (SSSR count). The first kappa shape index (κ1) is 19.2. The zero-order valence-electron chi connectivity index (χ0n) is 10.4. The molecule has 1 fully saturated rings. The first-order valence-electron chi connectivity index (χ1n) is 5.68. The van der Waals surface area contributed by atoms with Crippen LogP contribution in [0.15, 0.2) is 0 Å². The van der Waals surface area contributed by atoms with E-state index < -0.39 is 61.2 Å². The minimum atomic E-state index is -6.28. The van der Waals surface area contributed by atoms with E-state index in [9.17, 15) is 52.7 Å². The van der Waals surface area contributed by atoms with Gasteiger partial charge in [0.2, 0.25) is 0 Å². The van der Waals surface area contributed by atoms with Crippen LogP contribution in [-0.2, 0) is 0 Å². The fourth-order valence-corrected chi connectivity index (χ4v) is 2.67. The highest BCUT2D eigenvalue weighted by atomic mass is 19.4. The summed E-state index contributed by atoms with van der Waals surface area (Å²) in [5.74, 6) is 0. The highest BCUT2D eigenvalue weighted by Crippen LogP contribution is 2.68. The van der Waals surface area contributed by atoms with E-state index in [4.69, 9.17) is 0 Å². The summed E-state index contributed by atoms with van der Waals surface area (Å²) in [6.45, 7) is 0. The van der Waals surface area contributed by atoms with Crippen LogP contribution < -0.4 is 0 Å². The maximum atomic E-state index is 12.8. The largest absolute Gasteiger partial charge is 0.403 e. The van der Waals surface area contributed by atoms with Crippen LogP contribution in [0.25, 0.3) is 0 Å². The van der Waals surface area contributed by atoms with Crippen LogP contribution in [0, 0.1) is 10.8 Å². The van der Waals surface area contributed by atoms with Gasteiger partial charge in [-0.15, -0.1) is 0 Å². The average Bonchev–Trinajstić information content (AvgIpc) is 2.22. The van der Waals surface area contributed by atoms with E-state index in [1.165, 1.54) is 0 Å². The fraction of sp³-hybridized carbons (Fsp3) is 1.00. The molecule has 1 saturated carbocycles. The van der Waals surface area contributed by atoms with E-state index in [1.54, 1.807) is 0 Å². The summed E-state index contributed by atoms with van der Waals surface area (Å²) >= 11 is 0. The second-order valence-electron chi connectivity index (χ2n) is 5.19. The van der Waals surface area contributed by atoms with Crippen LogP contribution in [0.1, 0.15) is 25.7 Å². The molecule has 0 amide bonds. The maximum Gasteiger partial charge on any atom is 0.403 e. The van der Waals surface area contributed by atoms with Crippen molar-refractivity contribution < 1.29 is 52.7 Å². The SMILES string of the molecule is FC(F)(F)C1(C(F)(F)F)CCCC(C(F)(F)F)(C(F)(F)F)C1. The summed E-state index contributed by atoms with van der Waals surface area (Å²) in [6.07, 6.45) is -33.5. The van der Waals surface area contributed by atoms with Gasteiger partial charge in [0.1, 0.15) is 0 Å². The number of hydrogen-bond acceptors (Lipinski definition) is 0. The van der Waals surface area contributed by atoms with E-state index in [0.29, 0.717) is 0 Å². The Morgan fingerprint density at radius 1 is 0.455 bits per heavy atom. The van der Waals surface area contributed by atoms with Crippen LogP contribution in [0.5, 0.6) is 0 Å². The molecule has 0 aromatic rings. The van der Waals surface area contributed by atoms with Crippen molar-refractivity contribution in [2.45, 2.75) is 50.4 Å². The smallest absolute Gasteiger partial charge is 0.170 e. The molecule has 0 spiro atoms. The van der Waals surface area contributed by atoms with Gasteiger partial charge in [-0.05, 0) is 19.3 Å². The monoisotopic (exact) mass is 356 g/mol. The minimum Gasteiger partial charge on any atom is -0.170 e. The molecule has 0 atom stereocenters. The molecule has 0 aromatic carbocycles. The molecule has 0 N–H and O–H groups in total. The Labute approximate surface area is 115 Å². The third kappa shape index (κ3) is 2.61. The predicted octanol–water partition coefficient (Wildman–Crippen LogP) is 5.78. The molecule has 12 heteroatoms. The van der Waals surface area contributed by atoms with Crippen molar-refractivity contribution in [1.82, 2.24) is 0 Å². The molecule has 0 nitrogen and oxygen atoms in total. The standard InChI is InChI=1S/C10H8F12/c11-7(12,13)5(8(14,15)16)2-1-3-6(4-5,9(17,18)19)10(20,21)22/h1-4H2. The van der Waals surface area contributed by atoms with Crippen molar-refractivity contribution >= 4 is 0 Å². The second kappa shape index (κ2) is 4.83. The van der Waals surface area contributed by atoms with E-state index in [2.05, 4.69) is 0 Å². The molecule has 0 saturated heterocycles. The number of hydrogen-bond donors (Lipinski definition) is 0. The Bertz CT molecular complexity index is 340. The Morgan fingerprint density at radius 3 is 0.864 bits per heavy atom. The molecular weight excluding hydrogens is 348 g/mol. The van der Waals surface area contributed by atoms with Gasteiger partial charge in [0.15, 0.2) is 10.8 Å². The van der Waals surface area contributed by atoms with Gasteiger partial charge in [-0.25, -0.2) is 0 Å². The van der Waals surface area contributed by atoms with Crippen LogP contribution in [0.2, 0.25) is 0 Å². The fourth-order valence-electron chi connectivity index (χ4n) is 2.67. The van der Waals surface area contributed by atoms with Gasteiger partial charge >= 0.3 is 24.7 Å². The third-order valence-electron chi connectivity index (χ3n) is 3.98. The lowest BCUT2D eigenvalue weighted by atomic mass is 9.60. The molecule has 0 aromatic heterocycles. The minimum absolute atomic E-state index is 1.50. The van der Waals surface area contributed by atoms with Crippen molar-refractivity contribution in [3.8, 4) is 0 Å². The van der Waals surface area contributed by atoms with Gasteiger partial charge in [0, 0.05) is 0 Å². The number of alkyl halides is 12. The Hall–Kier alpha value is -0.840. The molecule has 0 unspecified atom stereocenters. The number of halogens is 12. The molecule has 1 aliphatic rings. The number of rotatable bonds is 0. The predicted molar refractivity (Wildman–Crippen MR) is 47.6 cm³/mol. The van der Waals surface area contributed by atoms with Gasteiger partial charge in [0.25, 0.3) is 0 Å². The van der Waals surface area contributed by atoms with Gasteiger partial charge < -0.3 is 0 Å². The van der Waals surface area contributed by atoms with Crippen LogP contribution in [0.4, 0.5) is 52.7 Å². The lowest BCUT2D eigenvalue weighted by Gasteiger charge is -2.49. The molecule has 0 radical (unpaired) electrons. The topological polar surface area (TPSA) is 0 Å². The van der Waals surface area contributed by atoms with Crippen LogP contribution in [0.3, 0.4) is 0 Å². The van der Waals surface area contributed by atoms with Crippen LogP contribution >= 0.6 is 0 Å². The van der Waals surface area contributed by atoms with Gasteiger partial charge in [-0.3, -0.25) is 0 Å². The second-order valence-corrected chi connectivity index (χ2v) is 5.19. The van der Waals surface area contributed by atoms with Crippen molar-refractivity contribution in [1.29, 1.82) is 0 Å². The van der Waals surface area contributed by atoms with Gasteiger partial charge in [-0.1, -0.05) is 6.42 Å². The van der Waals surface area contributed by atoms with Crippen molar-refractivity contribution in [3.63, 3.8) is 0 Å². The normalized spacial score (nSPS) is 23.5. The quantitative estimate of drug-likeness (QED) is 0.483. The Balaban J connectivity index is 3.57. The summed E-state index contributed by atoms with van der Waals surface area (Å²) in [7, 11) is 0. The Morgan fingerprint density at radius 2 is 0.682 bits per heavy atom. The third-order valence-corrected chi connectivity index (χ3v) is 3.98.